The van der Waals surface area contributed by atoms with E-state index in [1.807, 2.05) is 6.07 Å². The molecule has 118 valence electrons. The fraction of sp³-hybridized carbons (Fsp3) is 0.158. The minimum atomic E-state index is -0.444. The average molecular weight is 318 g/mol. The number of aliphatic imine (C=N–C) groups is 1. The number of carbonyl (C=O) groups is 2. The topological polar surface area (TPSA) is 79.5 Å². The highest BCUT2D eigenvalue weighted by molar-refractivity contribution is 6.13. The molecule has 1 aliphatic rings. The molecular formula is C19H14N2O3. The van der Waals surface area contributed by atoms with Gasteiger partial charge >= 0.3 is 5.97 Å². The van der Waals surface area contributed by atoms with Crippen LogP contribution in [-0.2, 0) is 16.0 Å². The Morgan fingerprint density at radius 2 is 2.04 bits per heavy atom. The molecule has 5 nitrogen and oxygen atoms in total. The van der Waals surface area contributed by atoms with Gasteiger partial charge in [0.2, 0.25) is 0 Å². The van der Waals surface area contributed by atoms with E-state index in [9.17, 15) is 9.59 Å². The fourth-order valence-electron chi connectivity index (χ4n) is 2.66. The number of esters is 1. The van der Waals surface area contributed by atoms with Gasteiger partial charge in [0.1, 0.15) is 5.78 Å². The Hall–Kier alpha value is -3.26. The standard InChI is InChI=1S/C19H14N2O3/c1-24-19(23)14-5-6-17-15(8-14)9-16(22)10-18(21-17)13-4-2-3-12(7-13)11-20/h2-8H,9-10H2,1H3. The molecule has 2 aromatic carbocycles. The van der Waals surface area contributed by atoms with Gasteiger partial charge in [-0.25, -0.2) is 4.79 Å². The summed E-state index contributed by atoms with van der Waals surface area (Å²) in [6.45, 7) is 0. The van der Waals surface area contributed by atoms with Crippen molar-refractivity contribution in [2.24, 2.45) is 4.99 Å². The Morgan fingerprint density at radius 3 is 2.79 bits per heavy atom. The van der Waals surface area contributed by atoms with E-state index in [0.29, 0.717) is 28.1 Å². The van der Waals surface area contributed by atoms with Crippen molar-refractivity contribution in [2.75, 3.05) is 7.11 Å². The molecule has 1 aliphatic heterocycles. The number of rotatable bonds is 2. The van der Waals surface area contributed by atoms with Gasteiger partial charge in [0.15, 0.2) is 0 Å². The number of fused-ring (bicyclic) bond motifs is 1. The molecule has 0 amide bonds. The quantitative estimate of drug-likeness (QED) is 0.797. The third kappa shape index (κ3) is 3.08. The molecule has 0 spiro atoms. The van der Waals surface area contributed by atoms with Crippen molar-refractivity contribution in [3.63, 3.8) is 0 Å². The summed E-state index contributed by atoms with van der Waals surface area (Å²) in [6, 6.07) is 14.1. The molecule has 5 heteroatoms. The number of carbonyl (C=O) groups excluding carboxylic acids is 2. The number of nitrogens with zero attached hydrogens (tertiary/aromatic N) is 2. The van der Waals surface area contributed by atoms with Crippen LogP contribution in [0.5, 0.6) is 0 Å². The maximum absolute atomic E-state index is 12.3. The Morgan fingerprint density at radius 1 is 1.21 bits per heavy atom. The Kier molecular flexibility index (Phi) is 4.21. The lowest BCUT2D eigenvalue weighted by atomic mass is 10.0. The predicted molar refractivity (Wildman–Crippen MR) is 88.5 cm³/mol. The molecule has 0 saturated heterocycles. The van der Waals surface area contributed by atoms with Gasteiger partial charge in [-0.15, -0.1) is 0 Å². The molecule has 0 bridgehead atoms. The number of hydrogen-bond donors (Lipinski definition) is 0. The van der Waals surface area contributed by atoms with E-state index in [2.05, 4.69) is 11.1 Å². The first-order chi connectivity index (χ1) is 11.6. The summed E-state index contributed by atoms with van der Waals surface area (Å²) in [5, 5.41) is 9.03. The zero-order chi connectivity index (χ0) is 17.1. The van der Waals surface area contributed by atoms with Crippen molar-refractivity contribution in [3.05, 3.63) is 64.7 Å². The molecule has 0 atom stereocenters. The highest BCUT2D eigenvalue weighted by Crippen LogP contribution is 2.27. The molecule has 2 aromatic rings. The molecule has 0 aliphatic carbocycles. The third-order valence-corrected chi connectivity index (χ3v) is 3.83. The molecule has 0 fully saturated rings. The summed E-state index contributed by atoms with van der Waals surface area (Å²) in [4.78, 5) is 28.5. The zero-order valence-electron chi connectivity index (χ0n) is 13.1. The number of ether oxygens (including phenoxy) is 1. The SMILES string of the molecule is COC(=O)c1ccc2c(c1)CC(=O)CC(c1cccc(C#N)c1)=N2. The summed E-state index contributed by atoms with van der Waals surface area (Å²) >= 11 is 0. The van der Waals surface area contributed by atoms with E-state index in [4.69, 9.17) is 10.00 Å². The normalized spacial score (nSPS) is 13.3. The lowest BCUT2D eigenvalue weighted by Gasteiger charge is -2.05. The summed E-state index contributed by atoms with van der Waals surface area (Å²) in [7, 11) is 1.32. The van der Waals surface area contributed by atoms with Crippen molar-refractivity contribution in [1.82, 2.24) is 0 Å². The zero-order valence-corrected chi connectivity index (χ0v) is 13.1. The predicted octanol–water partition coefficient (Wildman–Crippen LogP) is 2.98. The summed E-state index contributed by atoms with van der Waals surface area (Å²) in [5.41, 5.74) is 3.66. The molecule has 0 unspecified atom stereocenters. The van der Waals surface area contributed by atoms with Crippen LogP contribution in [0.3, 0.4) is 0 Å². The maximum Gasteiger partial charge on any atom is 0.337 e. The van der Waals surface area contributed by atoms with Gasteiger partial charge in [-0.05, 0) is 41.5 Å². The minimum Gasteiger partial charge on any atom is -0.465 e. The van der Waals surface area contributed by atoms with Crippen LogP contribution in [0.25, 0.3) is 0 Å². The van der Waals surface area contributed by atoms with Crippen LogP contribution in [0.15, 0.2) is 47.5 Å². The maximum atomic E-state index is 12.3. The Labute approximate surface area is 139 Å². The van der Waals surface area contributed by atoms with Crippen molar-refractivity contribution < 1.29 is 14.3 Å². The van der Waals surface area contributed by atoms with Crippen molar-refractivity contribution >= 4 is 23.2 Å². The van der Waals surface area contributed by atoms with E-state index >= 15 is 0 Å². The number of hydrogen-bond acceptors (Lipinski definition) is 5. The van der Waals surface area contributed by atoms with Crippen LogP contribution in [0.2, 0.25) is 0 Å². The molecule has 0 N–H and O–H groups in total. The van der Waals surface area contributed by atoms with E-state index < -0.39 is 5.97 Å². The first kappa shape index (κ1) is 15.6. The van der Waals surface area contributed by atoms with Gasteiger partial charge in [-0.1, -0.05) is 12.1 Å². The van der Waals surface area contributed by atoms with Gasteiger partial charge in [0.05, 0.1) is 35.7 Å². The molecule has 3 rings (SSSR count). The Balaban J connectivity index is 2.07. The first-order valence-electron chi connectivity index (χ1n) is 7.42. The Bertz CT molecular complexity index is 907. The van der Waals surface area contributed by atoms with E-state index in [1.165, 1.54) is 7.11 Å². The molecular weight excluding hydrogens is 304 g/mol. The van der Waals surface area contributed by atoms with Gasteiger partial charge in [-0.3, -0.25) is 9.79 Å². The highest BCUT2D eigenvalue weighted by atomic mass is 16.5. The molecule has 24 heavy (non-hydrogen) atoms. The second kappa shape index (κ2) is 6.47. The number of nitriles is 1. The number of methoxy groups -OCH3 is 1. The van der Waals surface area contributed by atoms with Crippen molar-refractivity contribution in [1.29, 1.82) is 5.26 Å². The molecule has 1 heterocycles. The number of Topliss-reactive ketones (excluding diaryl/α,β-unsaturated/α-hetero) is 1. The van der Waals surface area contributed by atoms with Crippen LogP contribution < -0.4 is 0 Å². The van der Waals surface area contributed by atoms with Crippen LogP contribution in [-0.4, -0.2) is 24.6 Å². The van der Waals surface area contributed by atoms with Crippen LogP contribution in [0, 0.1) is 11.3 Å². The molecule has 0 aromatic heterocycles. The van der Waals surface area contributed by atoms with Crippen molar-refractivity contribution in [3.8, 4) is 6.07 Å². The summed E-state index contributed by atoms with van der Waals surface area (Å²) in [5.74, 6) is -0.433. The lowest BCUT2D eigenvalue weighted by molar-refractivity contribution is -0.117. The van der Waals surface area contributed by atoms with Crippen LogP contribution in [0.4, 0.5) is 5.69 Å². The highest BCUT2D eigenvalue weighted by Gasteiger charge is 2.19. The number of benzene rings is 2. The van der Waals surface area contributed by atoms with Crippen LogP contribution >= 0.6 is 0 Å². The van der Waals surface area contributed by atoms with Crippen molar-refractivity contribution in [2.45, 2.75) is 12.8 Å². The van der Waals surface area contributed by atoms with Gasteiger partial charge < -0.3 is 4.74 Å². The summed E-state index contributed by atoms with van der Waals surface area (Å²) < 4.78 is 4.71. The molecule has 0 saturated carbocycles. The van der Waals surface area contributed by atoms with Gasteiger partial charge in [-0.2, -0.15) is 5.26 Å². The summed E-state index contributed by atoms with van der Waals surface area (Å²) in [6.07, 6.45) is 0.405. The van der Waals surface area contributed by atoms with E-state index in [-0.39, 0.29) is 18.6 Å². The van der Waals surface area contributed by atoms with Crippen LogP contribution in [0.1, 0.15) is 33.5 Å². The minimum absolute atomic E-state index is 0.0110. The lowest BCUT2D eigenvalue weighted by Crippen LogP contribution is -2.09. The number of ketones is 1. The van der Waals surface area contributed by atoms with Gasteiger partial charge in [0, 0.05) is 12.8 Å². The largest absolute Gasteiger partial charge is 0.465 e. The second-order valence-corrected chi connectivity index (χ2v) is 5.48. The van der Waals surface area contributed by atoms with E-state index in [0.717, 1.165) is 5.56 Å². The second-order valence-electron chi connectivity index (χ2n) is 5.48. The average Bonchev–Trinajstić information content (AvgIpc) is 2.78. The third-order valence-electron chi connectivity index (χ3n) is 3.83. The fourth-order valence-corrected chi connectivity index (χ4v) is 2.66. The van der Waals surface area contributed by atoms with E-state index in [1.54, 1.807) is 36.4 Å². The van der Waals surface area contributed by atoms with Gasteiger partial charge in [0.25, 0.3) is 0 Å². The molecule has 0 radical (unpaired) electrons. The monoisotopic (exact) mass is 318 g/mol. The smallest absolute Gasteiger partial charge is 0.337 e. The first-order valence-corrected chi connectivity index (χ1v) is 7.42.